The van der Waals surface area contributed by atoms with Crippen LogP contribution in [-0.2, 0) is 0 Å². The van der Waals surface area contributed by atoms with Crippen LogP contribution in [0.2, 0.25) is 0 Å². The molecule has 0 amide bonds. The predicted molar refractivity (Wildman–Crippen MR) is 117 cm³/mol. The molecule has 1 aromatic carbocycles. The fourth-order valence-electron chi connectivity index (χ4n) is 3.50. The highest BCUT2D eigenvalue weighted by Gasteiger charge is 2.21. The van der Waals surface area contributed by atoms with Crippen LogP contribution in [0.15, 0.2) is 53.5 Å². The minimum atomic E-state index is -0.575. The number of nitriles is 1. The second kappa shape index (κ2) is 7.96. The summed E-state index contributed by atoms with van der Waals surface area (Å²) in [7, 11) is 0. The molecule has 8 nitrogen and oxygen atoms in total. The highest BCUT2D eigenvalue weighted by atomic mass is 19.1. The van der Waals surface area contributed by atoms with Crippen LogP contribution in [0.3, 0.4) is 0 Å². The van der Waals surface area contributed by atoms with E-state index in [1.807, 2.05) is 6.07 Å². The van der Waals surface area contributed by atoms with Crippen LogP contribution in [0.4, 0.5) is 26.4 Å². The number of rotatable bonds is 4. The average molecular weight is 433 g/mol. The van der Waals surface area contributed by atoms with Crippen molar-refractivity contribution in [3.05, 3.63) is 81.8 Å². The van der Waals surface area contributed by atoms with Gasteiger partial charge in [0.25, 0.3) is 5.56 Å². The number of nitrogens with one attached hydrogen (secondary N) is 1. The van der Waals surface area contributed by atoms with Gasteiger partial charge in [0.15, 0.2) is 5.82 Å². The van der Waals surface area contributed by atoms with Gasteiger partial charge in [0, 0.05) is 11.7 Å². The molecule has 1 atom stereocenters. The molecule has 0 saturated heterocycles. The summed E-state index contributed by atoms with van der Waals surface area (Å²) in [5.41, 5.74) is 12.6. The molecule has 0 bridgehead atoms. The van der Waals surface area contributed by atoms with Gasteiger partial charge < -0.3 is 16.8 Å². The zero-order valence-electron chi connectivity index (χ0n) is 16.8. The number of aromatic nitrogens is 3. The number of hydrogen-bond donors (Lipinski definition) is 3. The van der Waals surface area contributed by atoms with E-state index < -0.39 is 23.2 Å². The summed E-state index contributed by atoms with van der Waals surface area (Å²) < 4.78 is 28.5. The van der Waals surface area contributed by atoms with Crippen molar-refractivity contribution in [2.45, 2.75) is 13.0 Å². The summed E-state index contributed by atoms with van der Waals surface area (Å²) >= 11 is 0. The van der Waals surface area contributed by atoms with Crippen molar-refractivity contribution in [2.75, 3.05) is 16.8 Å². The van der Waals surface area contributed by atoms with E-state index in [9.17, 15) is 18.8 Å². The van der Waals surface area contributed by atoms with Crippen LogP contribution in [0.25, 0.3) is 16.6 Å². The third-order valence-corrected chi connectivity index (χ3v) is 4.99. The quantitative estimate of drug-likeness (QED) is 0.450. The number of benzene rings is 1. The van der Waals surface area contributed by atoms with Gasteiger partial charge in [0.2, 0.25) is 5.95 Å². The molecule has 32 heavy (non-hydrogen) atoms. The number of halogens is 2. The average Bonchev–Trinajstić information content (AvgIpc) is 2.74. The van der Waals surface area contributed by atoms with E-state index in [1.165, 1.54) is 40.8 Å². The normalized spacial score (nSPS) is 11.8. The Morgan fingerprint density at radius 3 is 2.47 bits per heavy atom. The number of hydrogen-bond acceptors (Lipinski definition) is 7. The molecule has 10 heteroatoms. The molecule has 3 aromatic heterocycles. The van der Waals surface area contributed by atoms with Crippen molar-refractivity contribution in [1.82, 2.24) is 14.4 Å². The number of anilines is 3. The second-order valence-corrected chi connectivity index (χ2v) is 7.10. The standard InChI is InChI=1S/C22H17F2N7O/c1-11(28-20-17(9-25)19(26)29-22(27)30-20)16-8-15-7-6-14(24)10-31(15)21(32)18(16)12-2-4-13(23)5-3-12/h2-8,10-11H,1H3,(H5,26,27,28,29,30)/t11-/m0/s1. The van der Waals surface area contributed by atoms with Gasteiger partial charge in [0.05, 0.1) is 11.6 Å². The molecular formula is C22H17F2N7O. The van der Waals surface area contributed by atoms with E-state index in [0.29, 0.717) is 16.6 Å². The summed E-state index contributed by atoms with van der Waals surface area (Å²) in [6.45, 7) is 1.75. The van der Waals surface area contributed by atoms with E-state index in [2.05, 4.69) is 15.3 Å². The van der Waals surface area contributed by atoms with E-state index in [-0.39, 0.29) is 28.7 Å². The molecule has 0 saturated carbocycles. The summed E-state index contributed by atoms with van der Waals surface area (Å²) in [6, 6.07) is 11.2. The van der Waals surface area contributed by atoms with Gasteiger partial charge in [-0.05, 0) is 48.4 Å². The fraction of sp³-hybridized carbons (Fsp3) is 0.0909. The zero-order valence-corrected chi connectivity index (χ0v) is 16.8. The van der Waals surface area contributed by atoms with E-state index in [4.69, 9.17) is 11.5 Å². The zero-order chi connectivity index (χ0) is 23.0. The molecule has 0 fully saturated rings. The lowest BCUT2D eigenvalue weighted by molar-refractivity contribution is 0.618. The van der Waals surface area contributed by atoms with Crippen LogP contribution in [0, 0.1) is 23.0 Å². The third kappa shape index (κ3) is 3.67. The third-order valence-electron chi connectivity index (χ3n) is 4.99. The lowest BCUT2D eigenvalue weighted by Gasteiger charge is -2.20. The van der Waals surface area contributed by atoms with E-state index >= 15 is 0 Å². The molecule has 0 unspecified atom stereocenters. The van der Waals surface area contributed by atoms with Gasteiger partial charge >= 0.3 is 0 Å². The van der Waals surface area contributed by atoms with Crippen LogP contribution >= 0.6 is 0 Å². The number of nitrogens with two attached hydrogens (primary N) is 2. The Morgan fingerprint density at radius 2 is 1.78 bits per heavy atom. The van der Waals surface area contributed by atoms with Gasteiger partial charge in [-0.15, -0.1) is 0 Å². The maximum atomic E-state index is 13.8. The molecule has 4 rings (SSSR count). The maximum absolute atomic E-state index is 13.8. The smallest absolute Gasteiger partial charge is 0.263 e. The second-order valence-electron chi connectivity index (χ2n) is 7.10. The van der Waals surface area contributed by atoms with Gasteiger partial charge in [0.1, 0.15) is 29.1 Å². The van der Waals surface area contributed by atoms with Crippen molar-refractivity contribution in [3.8, 4) is 17.2 Å². The first-order valence-corrected chi connectivity index (χ1v) is 9.49. The van der Waals surface area contributed by atoms with E-state index in [1.54, 1.807) is 13.0 Å². The van der Waals surface area contributed by atoms with Crippen LogP contribution in [-0.4, -0.2) is 14.4 Å². The maximum Gasteiger partial charge on any atom is 0.263 e. The lowest BCUT2D eigenvalue weighted by atomic mass is 9.96. The Labute approximate surface area is 180 Å². The molecule has 4 aromatic rings. The summed E-state index contributed by atoms with van der Waals surface area (Å²) in [6.07, 6.45) is 1.09. The van der Waals surface area contributed by atoms with Crippen molar-refractivity contribution >= 4 is 23.1 Å². The van der Waals surface area contributed by atoms with Crippen molar-refractivity contribution in [3.63, 3.8) is 0 Å². The summed E-state index contributed by atoms with van der Waals surface area (Å²) in [5.74, 6) is -1.13. The van der Waals surface area contributed by atoms with Crippen LogP contribution in [0.5, 0.6) is 0 Å². The number of fused-ring (bicyclic) bond motifs is 1. The Morgan fingerprint density at radius 1 is 1.09 bits per heavy atom. The summed E-state index contributed by atoms with van der Waals surface area (Å²) in [4.78, 5) is 21.2. The van der Waals surface area contributed by atoms with Crippen molar-refractivity contribution in [2.24, 2.45) is 0 Å². The van der Waals surface area contributed by atoms with E-state index in [0.717, 1.165) is 6.20 Å². The van der Waals surface area contributed by atoms with Gasteiger partial charge in [-0.25, -0.2) is 8.78 Å². The molecule has 3 heterocycles. The molecule has 0 radical (unpaired) electrons. The molecule has 5 N–H and O–H groups in total. The minimum absolute atomic E-state index is 0.00830. The minimum Gasteiger partial charge on any atom is -0.382 e. The van der Waals surface area contributed by atoms with Crippen molar-refractivity contribution in [1.29, 1.82) is 5.26 Å². The highest BCUT2D eigenvalue weighted by molar-refractivity contribution is 5.72. The van der Waals surface area contributed by atoms with Gasteiger partial charge in [-0.3, -0.25) is 9.20 Å². The number of pyridine rings is 2. The van der Waals surface area contributed by atoms with Crippen LogP contribution < -0.4 is 22.3 Å². The molecule has 0 aliphatic carbocycles. The predicted octanol–water partition coefficient (Wildman–Crippen LogP) is 3.24. The summed E-state index contributed by atoms with van der Waals surface area (Å²) in [5, 5.41) is 12.5. The topological polar surface area (TPSA) is 135 Å². The van der Waals surface area contributed by atoms with Gasteiger partial charge in [-0.1, -0.05) is 12.1 Å². The molecule has 0 aliphatic rings. The van der Waals surface area contributed by atoms with Crippen molar-refractivity contribution < 1.29 is 8.78 Å². The largest absolute Gasteiger partial charge is 0.382 e. The first-order valence-electron chi connectivity index (χ1n) is 9.49. The number of nitrogens with zero attached hydrogens (tertiary/aromatic N) is 4. The Bertz CT molecular complexity index is 1440. The Balaban J connectivity index is 1.93. The first-order chi connectivity index (χ1) is 15.3. The van der Waals surface area contributed by atoms with Gasteiger partial charge in [-0.2, -0.15) is 15.2 Å². The Kier molecular flexibility index (Phi) is 5.16. The first kappa shape index (κ1) is 20.7. The molecule has 160 valence electrons. The molecule has 0 spiro atoms. The molecular weight excluding hydrogens is 416 g/mol. The fourth-order valence-corrected chi connectivity index (χ4v) is 3.50. The highest BCUT2D eigenvalue weighted by Crippen LogP contribution is 2.30. The SMILES string of the molecule is C[C@H](Nc1nc(N)nc(N)c1C#N)c1cc2ccc(F)cn2c(=O)c1-c1ccc(F)cc1. The van der Waals surface area contributed by atoms with Crippen LogP contribution in [0.1, 0.15) is 24.1 Å². The number of nitrogen functional groups attached to an aromatic ring is 2. The molecule has 0 aliphatic heterocycles. The lowest BCUT2D eigenvalue weighted by Crippen LogP contribution is -2.21. The monoisotopic (exact) mass is 433 g/mol. The Hall–Kier alpha value is -4.52.